The third kappa shape index (κ3) is 4.31. The number of phenolic OH excluding ortho intramolecular Hbond substituents is 1. The van der Waals surface area contributed by atoms with E-state index in [1.807, 2.05) is 36.4 Å². The first kappa shape index (κ1) is 23.2. The molecule has 0 fully saturated rings. The van der Waals surface area contributed by atoms with Gasteiger partial charge in [0.25, 0.3) is 0 Å². The molecule has 6 heteroatoms. The number of benzene rings is 3. The number of ketones is 2. The number of aromatic hydroxyl groups is 1. The van der Waals surface area contributed by atoms with E-state index >= 15 is 0 Å². The van der Waals surface area contributed by atoms with Gasteiger partial charge in [-0.05, 0) is 80.4 Å². The fourth-order valence-electron chi connectivity index (χ4n) is 4.33. The lowest BCUT2D eigenvalue weighted by Gasteiger charge is -2.06. The first-order valence-electron chi connectivity index (χ1n) is 11.5. The Kier molecular flexibility index (Phi) is 6.77. The van der Waals surface area contributed by atoms with Crippen molar-refractivity contribution in [1.29, 1.82) is 0 Å². The van der Waals surface area contributed by atoms with Crippen molar-refractivity contribution >= 4 is 39.1 Å². The van der Waals surface area contributed by atoms with Crippen molar-refractivity contribution in [3.8, 4) is 5.75 Å². The van der Waals surface area contributed by atoms with Gasteiger partial charge in [0, 0.05) is 45.0 Å². The van der Waals surface area contributed by atoms with Crippen LogP contribution in [0.25, 0.3) is 21.8 Å². The number of oxime groups is 1. The second kappa shape index (κ2) is 9.91. The zero-order valence-corrected chi connectivity index (χ0v) is 19.7. The standard InChI is InChI=1S/C28H28N2O4/c1-4-6-7-24(29-34-3)28(33)20-11-15-26-23(17-20)22-16-19(10-14-25(22)30(26)5-2)27(32)18-8-12-21(31)13-9-18/h8-17,31H,4-7H2,1-3H3/b29-24+. The van der Waals surface area contributed by atoms with E-state index in [-0.39, 0.29) is 17.3 Å². The molecule has 0 aliphatic heterocycles. The average molecular weight is 457 g/mol. The molecule has 0 atom stereocenters. The van der Waals surface area contributed by atoms with E-state index in [2.05, 4.69) is 23.6 Å². The minimum absolute atomic E-state index is 0.116. The van der Waals surface area contributed by atoms with Gasteiger partial charge in [0.05, 0.1) is 0 Å². The number of hydrogen-bond acceptors (Lipinski definition) is 5. The quantitative estimate of drug-likeness (QED) is 0.187. The predicted molar refractivity (Wildman–Crippen MR) is 135 cm³/mol. The van der Waals surface area contributed by atoms with E-state index < -0.39 is 0 Å². The Morgan fingerprint density at radius 1 is 0.882 bits per heavy atom. The predicted octanol–water partition coefficient (Wildman–Crippen LogP) is 6.13. The molecule has 0 amide bonds. The van der Waals surface area contributed by atoms with Gasteiger partial charge in [-0.1, -0.05) is 18.5 Å². The summed E-state index contributed by atoms with van der Waals surface area (Å²) < 4.78 is 2.18. The highest BCUT2D eigenvalue weighted by molar-refractivity contribution is 6.46. The maximum Gasteiger partial charge on any atom is 0.210 e. The van der Waals surface area contributed by atoms with Crippen LogP contribution in [0.2, 0.25) is 0 Å². The van der Waals surface area contributed by atoms with Crippen LogP contribution in [0.4, 0.5) is 0 Å². The van der Waals surface area contributed by atoms with Crippen LogP contribution in [0, 0.1) is 0 Å². The molecule has 0 aliphatic rings. The molecular formula is C28H28N2O4. The smallest absolute Gasteiger partial charge is 0.210 e. The molecule has 6 nitrogen and oxygen atoms in total. The molecule has 4 aromatic rings. The first-order chi connectivity index (χ1) is 16.5. The van der Waals surface area contributed by atoms with Gasteiger partial charge in [0.1, 0.15) is 18.6 Å². The van der Waals surface area contributed by atoms with Gasteiger partial charge in [0.15, 0.2) is 5.78 Å². The van der Waals surface area contributed by atoms with Crippen LogP contribution in [0.15, 0.2) is 65.8 Å². The summed E-state index contributed by atoms with van der Waals surface area (Å²) in [5.74, 6) is -0.155. The molecule has 0 unspecified atom stereocenters. The van der Waals surface area contributed by atoms with E-state index in [1.165, 1.54) is 19.2 Å². The minimum Gasteiger partial charge on any atom is -0.508 e. The molecule has 1 heterocycles. The largest absolute Gasteiger partial charge is 0.508 e. The van der Waals surface area contributed by atoms with Crippen molar-refractivity contribution in [3.05, 3.63) is 77.4 Å². The maximum atomic E-state index is 13.2. The number of fused-ring (bicyclic) bond motifs is 3. The molecule has 0 saturated carbocycles. The summed E-state index contributed by atoms with van der Waals surface area (Å²) in [6, 6.07) is 17.6. The maximum absolute atomic E-state index is 13.2. The number of nitrogens with zero attached hydrogens (tertiary/aromatic N) is 2. The Balaban J connectivity index is 1.83. The number of phenols is 1. The molecule has 1 aromatic heterocycles. The van der Waals surface area contributed by atoms with Crippen LogP contribution in [0.3, 0.4) is 0 Å². The van der Waals surface area contributed by atoms with Crippen LogP contribution in [-0.4, -0.2) is 34.1 Å². The molecule has 0 saturated heterocycles. The number of aryl methyl sites for hydroxylation is 1. The zero-order valence-electron chi connectivity index (χ0n) is 19.7. The van der Waals surface area contributed by atoms with E-state index in [1.54, 1.807) is 12.1 Å². The summed E-state index contributed by atoms with van der Waals surface area (Å²) in [4.78, 5) is 31.2. The van der Waals surface area contributed by atoms with Gasteiger partial charge in [-0.2, -0.15) is 0 Å². The van der Waals surface area contributed by atoms with Gasteiger partial charge >= 0.3 is 0 Å². The molecular weight excluding hydrogens is 428 g/mol. The highest BCUT2D eigenvalue weighted by Gasteiger charge is 2.19. The van der Waals surface area contributed by atoms with Crippen LogP contribution in [0.5, 0.6) is 5.75 Å². The number of rotatable bonds is 9. The molecule has 0 aliphatic carbocycles. The van der Waals surface area contributed by atoms with Crippen molar-refractivity contribution in [2.75, 3.05) is 7.11 Å². The summed E-state index contributed by atoms with van der Waals surface area (Å²) in [7, 11) is 1.45. The van der Waals surface area contributed by atoms with Crippen LogP contribution >= 0.6 is 0 Å². The third-order valence-electron chi connectivity index (χ3n) is 6.07. The Labute approximate surface area is 198 Å². The zero-order chi connectivity index (χ0) is 24.2. The molecule has 174 valence electrons. The molecule has 1 N–H and O–H groups in total. The second-order valence-electron chi connectivity index (χ2n) is 8.24. The minimum atomic E-state index is -0.147. The normalized spacial score (nSPS) is 11.8. The van der Waals surface area contributed by atoms with E-state index in [9.17, 15) is 14.7 Å². The van der Waals surface area contributed by atoms with Gasteiger partial charge in [-0.25, -0.2) is 0 Å². The Hall–Kier alpha value is -3.93. The fourth-order valence-corrected chi connectivity index (χ4v) is 4.33. The van der Waals surface area contributed by atoms with Crippen molar-refractivity contribution in [3.63, 3.8) is 0 Å². The Bertz CT molecular complexity index is 1400. The van der Waals surface area contributed by atoms with Crippen molar-refractivity contribution in [1.82, 2.24) is 4.57 Å². The molecule has 0 bridgehead atoms. The number of aromatic nitrogens is 1. The van der Waals surface area contributed by atoms with Gasteiger partial charge in [-0.15, -0.1) is 0 Å². The molecule has 3 aromatic carbocycles. The highest BCUT2D eigenvalue weighted by Crippen LogP contribution is 2.31. The second-order valence-corrected chi connectivity index (χ2v) is 8.24. The van der Waals surface area contributed by atoms with Gasteiger partial charge in [-0.3, -0.25) is 9.59 Å². The SMILES string of the molecule is CCCC/C(=N\OC)C(=O)c1ccc2c(c1)c1cc(C(=O)c3ccc(O)cc3)ccc1n2CC. The number of unbranched alkanes of at least 4 members (excludes halogenated alkanes) is 1. The number of carbonyl (C=O) groups excluding carboxylic acids is 2. The van der Waals surface area contributed by atoms with Gasteiger partial charge in [0.2, 0.25) is 5.78 Å². The van der Waals surface area contributed by atoms with Gasteiger partial charge < -0.3 is 14.5 Å². The van der Waals surface area contributed by atoms with E-state index in [0.29, 0.717) is 28.8 Å². The average Bonchev–Trinajstić information content (AvgIpc) is 3.18. The Morgan fingerprint density at radius 2 is 1.47 bits per heavy atom. The first-order valence-corrected chi connectivity index (χ1v) is 11.5. The molecule has 34 heavy (non-hydrogen) atoms. The monoisotopic (exact) mass is 456 g/mol. The lowest BCUT2D eigenvalue weighted by atomic mass is 9.99. The topological polar surface area (TPSA) is 80.9 Å². The molecule has 4 rings (SSSR count). The van der Waals surface area contributed by atoms with Crippen molar-refractivity contribution < 1.29 is 19.5 Å². The summed E-state index contributed by atoms with van der Waals surface area (Å²) in [6.07, 6.45) is 2.37. The summed E-state index contributed by atoms with van der Waals surface area (Å²) in [5, 5.41) is 15.3. The third-order valence-corrected chi connectivity index (χ3v) is 6.07. The summed E-state index contributed by atoms with van der Waals surface area (Å²) in [6.45, 7) is 4.89. The number of carbonyl (C=O) groups is 2. The van der Waals surface area contributed by atoms with Crippen molar-refractivity contribution in [2.45, 2.75) is 39.7 Å². The summed E-state index contributed by atoms with van der Waals surface area (Å²) in [5.41, 5.74) is 4.01. The number of hydrogen-bond donors (Lipinski definition) is 1. The van der Waals surface area contributed by atoms with Crippen LogP contribution in [0.1, 0.15) is 59.4 Å². The molecule has 0 radical (unpaired) electrons. The van der Waals surface area contributed by atoms with Crippen molar-refractivity contribution in [2.24, 2.45) is 5.16 Å². The number of Topliss-reactive ketones (excluding diaryl/α,β-unsaturated/α-hetero) is 1. The lowest BCUT2D eigenvalue weighted by Crippen LogP contribution is -2.15. The fraction of sp³-hybridized carbons (Fsp3) is 0.250. The highest BCUT2D eigenvalue weighted by atomic mass is 16.6. The van der Waals surface area contributed by atoms with E-state index in [4.69, 9.17) is 4.84 Å². The Morgan fingerprint density at radius 3 is 2.06 bits per heavy atom. The molecule has 0 spiro atoms. The summed E-state index contributed by atoms with van der Waals surface area (Å²) >= 11 is 0. The lowest BCUT2D eigenvalue weighted by molar-refractivity contribution is 0.103. The van der Waals surface area contributed by atoms with E-state index in [0.717, 1.165) is 41.2 Å². The van der Waals surface area contributed by atoms with Crippen LogP contribution in [-0.2, 0) is 11.4 Å². The van der Waals surface area contributed by atoms with Crippen LogP contribution < -0.4 is 0 Å².